The summed E-state index contributed by atoms with van der Waals surface area (Å²) < 4.78 is 4.72. The number of hydrogen-bond donors (Lipinski definition) is 1. The minimum Gasteiger partial charge on any atom is -0.468 e. The van der Waals surface area contributed by atoms with Crippen molar-refractivity contribution in [2.24, 2.45) is 11.8 Å². The van der Waals surface area contributed by atoms with Crippen LogP contribution < -0.4 is 5.32 Å². The molecule has 0 bridgehead atoms. The summed E-state index contributed by atoms with van der Waals surface area (Å²) in [6, 6.07) is 0.491. The van der Waals surface area contributed by atoms with E-state index in [0.29, 0.717) is 24.4 Å². The molecule has 1 fully saturated rings. The van der Waals surface area contributed by atoms with E-state index in [1.807, 2.05) is 7.05 Å². The third kappa shape index (κ3) is 3.76. The zero-order valence-electron chi connectivity index (χ0n) is 10.8. The van der Waals surface area contributed by atoms with E-state index >= 15 is 0 Å². The summed E-state index contributed by atoms with van der Waals surface area (Å²) in [5.74, 6) is 1.19. The van der Waals surface area contributed by atoms with Crippen LogP contribution in [0.5, 0.6) is 0 Å². The van der Waals surface area contributed by atoms with Crippen LogP contribution in [0.15, 0.2) is 0 Å². The number of nitrogens with one attached hydrogen (secondary N) is 1. The van der Waals surface area contributed by atoms with Crippen molar-refractivity contribution >= 4 is 5.97 Å². The van der Waals surface area contributed by atoms with Crippen LogP contribution in [0, 0.1) is 11.8 Å². The number of rotatable bonds is 4. The molecule has 0 aromatic heterocycles. The molecule has 1 saturated heterocycles. The molecule has 4 nitrogen and oxygen atoms in total. The van der Waals surface area contributed by atoms with E-state index < -0.39 is 0 Å². The van der Waals surface area contributed by atoms with Crippen LogP contribution in [-0.4, -0.2) is 50.7 Å². The highest BCUT2D eigenvalue weighted by molar-refractivity contribution is 5.71. The molecule has 2 atom stereocenters. The summed E-state index contributed by atoms with van der Waals surface area (Å²) in [5.41, 5.74) is 0. The van der Waals surface area contributed by atoms with E-state index in [2.05, 4.69) is 24.1 Å². The van der Waals surface area contributed by atoms with Gasteiger partial charge in [-0.3, -0.25) is 9.69 Å². The lowest BCUT2D eigenvalue weighted by atomic mass is 9.85. The van der Waals surface area contributed by atoms with Crippen molar-refractivity contribution in [3.05, 3.63) is 0 Å². The van der Waals surface area contributed by atoms with Gasteiger partial charge in [0.05, 0.1) is 13.7 Å². The Balaban J connectivity index is 2.53. The fourth-order valence-corrected chi connectivity index (χ4v) is 2.30. The molecule has 0 spiro atoms. The van der Waals surface area contributed by atoms with Crippen LogP contribution in [0.4, 0.5) is 0 Å². The van der Waals surface area contributed by atoms with Crippen molar-refractivity contribution in [3.63, 3.8) is 0 Å². The van der Waals surface area contributed by atoms with Crippen molar-refractivity contribution < 1.29 is 9.53 Å². The maximum atomic E-state index is 11.3. The Morgan fingerprint density at radius 1 is 1.50 bits per heavy atom. The summed E-state index contributed by atoms with van der Waals surface area (Å²) in [6.45, 7) is 6.86. The summed E-state index contributed by atoms with van der Waals surface area (Å²) >= 11 is 0. The second-order valence-electron chi connectivity index (χ2n) is 5.00. The molecular weight excluding hydrogens is 204 g/mol. The van der Waals surface area contributed by atoms with Gasteiger partial charge in [-0.1, -0.05) is 13.8 Å². The quantitative estimate of drug-likeness (QED) is 0.720. The van der Waals surface area contributed by atoms with E-state index in [1.165, 1.54) is 13.5 Å². The van der Waals surface area contributed by atoms with Crippen LogP contribution in [-0.2, 0) is 9.53 Å². The summed E-state index contributed by atoms with van der Waals surface area (Å²) in [7, 11) is 3.44. The minimum atomic E-state index is -0.140. The highest BCUT2D eigenvalue weighted by atomic mass is 16.5. The highest BCUT2D eigenvalue weighted by Crippen LogP contribution is 2.23. The Kier molecular flexibility index (Phi) is 5.22. The molecule has 4 heteroatoms. The predicted octanol–water partition coefficient (Wildman–Crippen LogP) is 0.725. The summed E-state index contributed by atoms with van der Waals surface area (Å²) in [4.78, 5) is 13.5. The van der Waals surface area contributed by atoms with Gasteiger partial charge in [0.25, 0.3) is 0 Å². The average Bonchev–Trinajstić information content (AvgIpc) is 2.28. The predicted molar refractivity (Wildman–Crippen MR) is 64.2 cm³/mol. The molecule has 1 aliphatic heterocycles. The molecule has 1 aliphatic rings. The zero-order valence-corrected chi connectivity index (χ0v) is 10.8. The van der Waals surface area contributed by atoms with E-state index in [9.17, 15) is 4.79 Å². The Labute approximate surface area is 98.3 Å². The van der Waals surface area contributed by atoms with Crippen molar-refractivity contribution in [1.82, 2.24) is 10.2 Å². The maximum absolute atomic E-state index is 11.3. The van der Waals surface area contributed by atoms with Gasteiger partial charge in [-0.15, -0.1) is 0 Å². The molecule has 0 amide bonds. The number of likely N-dealkylation sites (N-methyl/N-ethyl adjacent to an activating group) is 1. The largest absolute Gasteiger partial charge is 0.468 e. The minimum absolute atomic E-state index is 0.140. The first-order valence-electron chi connectivity index (χ1n) is 6.03. The molecule has 0 aliphatic carbocycles. The van der Waals surface area contributed by atoms with Crippen LogP contribution in [0.2, 0.25) is 0 Å². The standard InChI is InChI=1S/C12H24N2O2/c1-9(2)10-5-11(13-3)7-14(6-10)8-12(15)16-4/h9-11,13H,5-8H2,1-4H3. The van der Waals surface area contributed by atoms with Crippen molar-refractivity contribution in [1.29, 1.82) is 0 Å². The Morgan fingerprint density at radius 2 is 2.19 bits per heavy atom. The Morgan fingerprint density at radius 3 is 2.69 bits per heavy atom. The number of ether oxygens (including phenoxy) is 1. The normalized spacial score (nSPS) is 27.1. The third-order valence-corrected chi connectivity index (χ3v) is 3.49. The number of hydrogen-bond acceptors (Lipinski definition) is 4. The van der Waals surface area contributed by atoms with Gasteiger partial charge in [0.2, 0.25) is 0 Å². The van der Waals surface area contributed by atoms with Crippen molar-refractivity contribution in [3.8, 4) is 0 Å². The SMILES string of the molecule is CNC1CC(C(C)C)CN(CC(=O)OC)C1. The fraction of sp³-hybridized carbons (Fsp3) is 0.917. The molecule has 0 radical (unpaired) electrons. The van der Waals surface area contributed by atoms with Crippen LogP contribution in [0.1, 0.15) is 20.3 Å². The van der Waals surface area contributed by atoms with Gasteiger partial charge in [0.1, 0.15) is 0 Å². The number of esters is 1. The van der Waals surface area contributed by atoms with Gasteiger partial charge in [-0.2, -0.15) is 0 Å². The smallest absolute Gasteiger partial charge is 0.319 e. The lowest BCUT2D eigenvalue weighted by Crippen LogP contribution is -2.50. The second-order valence-corrected chi connectivity index (χ2v) is 5.00. The Hall–Kier alpha value is -0.610. The molecular formula is C12H24N2O2. The molecule has 16 heavy (non-hydrogen) atoms. The molecule has 94 valence electrons. The lowest BCUT2D eigenvalue weighted by molar-refractivity contribution is -0.142. The first-order valence-corrected chi connectivity index (χ1v) is 6.03. The van der Waals surface area contributed by atoms with Crippen molar-refractivity contribution in [2.45, 2.75) is 26.3 Å². The van der Waals surface area contributed by atoms with Crippen LogP contribution in [0.3, 0.4) is 0 Å². The number of methoxy groups -OCH3 is 1. The van der Waals surface area contributed by atoms with Gasteiger partial charge in [0, 0.05) is 19.1 Å². The number of piperidine rings is 1. The molecule has 1 rings (SSSR count). The van der Waals surface area contributed by atoms with Gasteiger partial charge in [-0.25, -0.2) is 0 Å². The van der Waals surface area contributed by atoms with Gasteiger partial charge in [-0.05, 0) is 25.3 Å². The first kappa shape index (κ1) is 13.5. The third-order valence-electron chi connectivity index (χ3n) is 3.49. The van der Waals surface area contributed by atoms with Crippen molar-refractivity contribution in [2.75, 3.05) is 33.8 Å². The number of nitrogens with zero attached hydrogens (tertiary/aromatic N) is 1. The average molecular weight is 228 g/mol. The van der Waals surface area contributed by atoms with Gasteiger partial charge >= 0.3 is 5.97 Å². The monoisotopic (exact) mass is 228 g/mol. The van der Waals surface area contributed by atoms with E-state index in [1.54, 1.807) is 0 Å². The molecule has 2 unspecified atom stereocenters. The Bertz CT molecular complexity index is 231. The molecule has 1 heterocycles. The highest BCUT2D eigenvalue weighted by Gasteiger charge is 2.29. The molecule has 0 aromatic carbocycles. The van der Waals surface area contributed by atoms with E-state index in [0.717, 1.165) is 13.1 Å². The van der Waals surface area contributed by atoms with Gasteiger partial charge in [0.15, 0.2) is 0 Å². The molecule has 0 aromatic rings. The number of likely N-dealkylation sites (tertiary alicyclic amines) is 1. The first-order chi connectivity index (χ1) is 7.56. The van der Waals surface area contributed by atoms with Crippen LogP contribution in [0.25, 0.3) is 0 Å². The topological polar surface area (TPSA) is 41.6 Å². The van der Waals surface area contributed by atoms with Crippen LogP contribution >= 0.6 is 0 Å². The second kappa shape index (κ2) is 6.21. The van der Waals surface area contributed by atoms with Gasteiger partial charge < -0.3 is 10.1 Å². The maximum Gasteiger partial charge on any atom is 0.319 e. The number of carbonyl (C=O) groups is 1. The van der Waals surface area contributed by atoms with E-state index in [4.69, 9.17) is 4.74 Å². The molecule has 0 saturated carbocycles. The number of carbonyl (C=O) groups excluding carboxylic acids is 1. The molecule has 1 N–H and O–H groups in total. The van der Waals surface area contributed by atoms with E-state index in [-0.39, 0.29) is 5.97 Å². The zero-order chi connectivity index (χ0) is 12.1. The summed E-state index contributed by atoms with van der Waals surface area (Å²) in [5, 5.41) is 3.32. The fourth-order valence-electron chi connectivity index (χ4n) is 2.30. The summed E-state index contributed by atoms with van der Waals surface area (Å²) in [6.07, 6.45) is 1.20. The lowest BCUT2D eigenvalue weighted by Gasteiger charge is -2.38.